The smallest absolute Gasteiger partial charge is 0.408 e. The van der Waals surface area contributed by atoms with Gasteiger partial charge in [-0.15, -0.1) is 0 Å². The number of amides is 1. The molecule has 0 aromatic rings. The monoisotopic (exact) mass is 343 g/mol. The predicted molar refractivity (Wildman–Crippen MR) is 89.4 cm³/mol. The first-order valence-corrected chi connectivity index (χ1v) is 7.83. The summed E-state index contributed by atoms with van der Waals surface area (Å²) in [4.78, 5) is 35.7. The second-order valence-corrected chi connectivity index (χ2v) is 7.24. The van der Waals surface area contributed by atoms with Crippen molar-refractivity contribution in [3.05, 3.63) is 12.7 Å². The molecule has 0 saturated carbocycles. The molecule has 0 unspecified atom stereocenters. The Morgan fingerprint density at radius 2 is 1.58 bits per heavy atom. The van der Waals surface area contributed by atoms with Gasteiger partial charge in [-0.05, 0) is 48.0 Å². The van der Waals surface area contributed by atoms with E-state index >= 15 is 0 Å². The predicted octanol–water partition coefficient (Wildman–Crippen LogP) is 2.73. The Labute approximate surface area is 143 Å². The van der Waals surface area contributed by atoms with Crippen LogP contribution >= 0.6 is 0 Å². The van der Waals surface area contributed by atoms with E-state index in [-0.39, 0.29) is 19.4 Å². The molecule has 1 N–H and O–H groups in total. The van der Waals surface area contributed by atoms with Crippen LogP contribution in [0.1, 0.15) is 54.4 Å². The summed E-state index contributed by atoms with van der Waals surface area (Å²) in [6.07, 6.45) is 0.692. The molecule has 0 heterocycles. The van der Waals surface area contributed by atoms with Gasteiger partial charge in [-0.1, -0.05) is 12.7 Å². The maximum atomic E-state index is 12.2. The molecular formula is C17H29NO6. The van der Waals surface area contributed by atoms with Gasteiger partial charge in [0.25, 0.3) is 0 Å². The second kappa shape index (κ2) is 9.30. The zero-order valence-electron chi connectivity index (χ0n) is 15.4. The van der Waals surface area contributed by atoms with E-state index in [2.05, 4.69) is 11.9 Å². The fourth-order valence-corrected chi connectivity index (χ4v) is 1.56. The molecule has 0 radical (unpaired) electrons. The highest BCUT2D eigenvalue weighted by Crippen LogP contribution is 2.13. The largest absolute Gasteiger partial charge is 0.461 e. The summed E-state index contributed by atoms with van der Waals surface area (Å²) in [5.74, 6) is -1.13. The van der Waals surface area contributed by atoms with E-state index < -0.39 is 35.3 Å². The van der Waals surface area contributed by atoms with E-state index in [0.717, 1.165) is 0 Å². The SMILES string of the molecule is C=CCOC(=O)CC[C@H](NC(=O)OC(C)(C)C)C(=O)OC(C)(C)C. The van der Waals surface area contributed by atoms with Gasteiger partial charge in [-0.2, -0.15) is 0 Å². The molecule has 0 aromatic carbocycles. The van der Waals surface area contributed by atoms with Crippen molar-refractivity contribution in [3.8, 4) is 0 Å². The highest BCUT2D eigenvalue weighted by Gasteiger charge is 2.29. The van der Waals surface area contributed by atoms with Gasteiger partial charge in [0, 0.05) is 6.42 Å². The lowest BCUT2D eigenvalue weighted by molar-refractivity contribution is -0.157. The minimum Gasteiger partial charge on any atom is -0.461 e. The summed E-state index contributed by atoms with van der Waals surface area (Å²) >= 11 is 0. The Morgan fingerprint density at radius 1 is 1.04 bits per heavy atom. The van der Waals surface area contributed by atoms with Crippen LogP contribution in [0.25, 0.3) is 0 Å². The Balaban J connectivity index is 4.82. The quantitative estimate of drug-likeness (QED) is 0.434. The normalized spacial score (nSPS) is 12.8. The van der Waals surface area contributed by atoms with E-state index in [9.17, 15) is 14.4 Å². The highest BCUT2D eigenvalue weighted by atomic mass is 16.6. The number of carbonyl (C=O) groups excluding carboxylic acids is 3. The van der Waals surface area contributed by atoms with Crippen LogP contribution in [-0.4, -0.2) is 41.9 Å². The number of hydrogen-bond donors (Lipinski definition) is 1. The average molecular weight is 343 g/mol. The third-order valence-corrected chi connectivity index (χ3v) is 2.38. The van der Waals surface area contributed by atoms with Gasteiger partial charge < -0.3 is 19.5 Å². The fourth-order valence-electron chi connectivity index (χ4n) is 1.56. The molecule has 0 fully saturated rings. The van der Waals surface area contributed by atoms with E-state index in [0.29, 0.717) is 0 Å². The maximum absolute atomic E-state index is 12.2. The van der Waals surface area contributed by atoms with Gasteiger partial charge in [-0.25, -0.2) is 9.59 Å². The molecule has 0 saturated heterocycles. The van der Waals surface area contributed by atoms with Crippen LogP contribution in [0, 0.1) is 0 Å². The molecule has 24 heavy (non-hydrogen) atoms. The van der Waals surface area contributed by atoms with E-state index in [1.165, 1.54) is 6.08 Å². The number of carbonyl (C=O) groups is 3. The van der Waals surface area contributed by atoms with Gasteiger partial charge in [0.1, 0.15) is 23.9 Å². The van der Waals surface area contributed by atoms with Crippen LogP contribution in [0.3, 0.4) is 0 Å². The van der Waals surface area contributed by atoms with Gasteiger partial charge in [0.2, 0.25) is 0 Å². The van der Waals surface area contributed by atoms with Crippen LogP contribution in [-0.2, 0) is 23.8 Å². The van der Waals surface area contributed by atoms with E-state index in [1.54, 1.807) is 41.5 Å². The van der Waals surface area contributed by atoms with Crippen molar-refractivity contribution in [3.63, 3.8) is 0 Å². The summed E-state index contributed by atoms with van der Waals surface area (Å²) in [7, 11) is 0. The molecule has 0 spiro atoms. The molecular weight excluding hydrogens is 314 g/mol. The van der Waals surface area contributed by atoms with Gasteiger partial charge >= 0.3 is 18.0 Å². The van der Waals surface area contributed by atoms with Crippen molar-refractivity contribution in [2.75, 3.05) is 6.61 Å². The molecule has 7 heteroatoms. The van der Waals surface area contributed by atoms with E-state index in [4.69, 9.17) is 14.2 Å². The molecule has 1 amide bonds. The summed E-state index contributed by atoms with van der Waals surface area (Å²) in [6.45, 7) is 13.8. The second-order valence-electron chi connectivity index (χ2n) is 7.24. The lowest BCUT2D eigenvalue weighted by Crippen LogP contribution is -2.46. The molecule has 0 aromatic heterocycles. The summed E-state index contributed by atoms with van der Waals surface area (Å²) in [5, 5.41) is 2.44. The van der Waals surface area contributed by atoms with E-state index in [1.807, 2.05) is 0 Å². The zero-order chi connectivity index (χ0) is 19.0. The summed E-state index contributed by atoms with van der Waals surface area (Å²) < 4.78 is 15.3. The lowest BCUT2D eigenvalue weighted by Gasteiger charge is -2.26. The fraction of sp³-hybridized carbons (Fsp3) is 0.706. The zero-order valence-corrected chi connectivity index (χ0v) is 15.4. The van der Waals surface area contributed by atoms with Crippen LogP contribution in [0.15, 0.2) is 12.7 Å². The Bertz CT molecular complexity index is 459. The molecule has 1 atom stereocenters. The van der Waals surface area contributed by atoms with Gasteiger partial charge in [-0.3, -0.25) is 4.79 Å². The number of ether oxygens (including phenoxy) is 3. The average Bonchev–Trinajstić information content (AvgIpc) is 2.36. The minimum atomic E-state index is -1.00. The standard InChI is InChI=1S/C17H29NO6/c1-8-11-22-13(19)10-9-12(14(20)23-16(2,3)4)18-15(21)24-17(5,6)7/h8,12H,1,9-11H2,2-7H3,(H,18,21)/t12-/m0/s1. The van der Waals surface area contributed by atoms with Gasteiger partial charge in [0.15, 0.2) is 0 Å². The van der Waals surface area contributed by atoms with Crippen LogP contribution in [0.4, 0.5) is 4.79 Å². The van der Waals surface area contributed by atoms with Crippen molar-refractivity contribution in [1.82, 2.24) is 5.32 Å². The minimum absolute atomic E-state index is 0.0458. The first-order chi connectivity index (χ1) is 10.8. The molecule has 0 aliphatic rings. The van der Waals surface area contributed by atoms with Crippen molar-refractivity contribution >= 4 is 18.0 Å². The van der Waals surface area contributed by atoms with Crippen molar-refractivity contribution in [2.24, 2.45) is 0 Å². The summed E-state index contributed by atoms with van der Waals surface area (Å²) in [6, 6.07) is -1.00. The number of nitrogens with one attached hydrogen (secondary N) is 1. The molecule has 138 valence electrons. The first kappa shape index (κ1) is 21.9. The first-order valence-electron chi connectivity index (χ1n) is 7.83. The third-order valence-electron chi connectivity index (χ3n) is 2.38. The molecule has 7 nitrogen and oxygen atoms in total. The highest BCUT2D eigenvalue weighted by molar-refractivity contribution is 5.82. The maximum Gasteiger partial charge on any atom is 0.408 e. The molecule has 0 bridgehead atoms. The van der Waals surface area contributed by atoms with Gasteiger partial charge in [0.05, 0.1) is 0 Å². The molecule has 0 aliphatic heterocycles. The Kier molecular flexibility index (Phi) is 8.50. The topological polar surface area (TPSA) is 90.9 Å². The number of alkyl carbamates (subject to hydrolysis) is 1. The molecule has 0 rings (SSSR count). The summed E-state index contributed by atoms with van der Waals surface area (Å²) in [5.41, 5.74) is -1.42. The van der Waals surface area contributed by atoms with Crippen LogP contribution < -0.4 is 5.32 Å². The Hall–Kier alpha value is -2.05. The van der Waals surface area contributed by atoms with Crippen LogP contribution in [0.2, 0.25) is 0 Å². The Morgan fingerprint density at radius 3 is 2.04 bits per heavy atom. The number of esters is 2. The third kappa shape index (κ3) is 11.5. The van der Waals surface area contributed by atoms with Crippen molar-refractivity contribution in [1.29, 1.82) is 0 Å². The number of hydrogen-bond acceptors (Lipinski definition) is 6. The number of rotatable bonds is 7. The van der Waals surface area contributed by atoms with Crippen LogP contribution in [0.5, 0.6) is 0 Å². The van der Waals surface area contributed by atoms with Crippen molar-refractivity contribution in [2.45, 2.75) is 71.6 Å². The lowest BCUT2D eigenvalue weighted by atomic mass is 10.1. The molecule has 0 aliphatic carbocycles. The van der Waals surface area contributed by atoms with Crippen molar-refractivity contribution < 1.29 is 28.6 Å².